The number of aryl methyl sites for hydroxylation is 1. The lowest BCUT2D eigenvalue weighted by molar-refractivity contribution is 0.0847. The van der Waals surface area contributed by atoms with Crippen molar-refractivity contribution in [2.45, 2.75) is 33.2 Å². The molecule has 162 valence electrons. The van der Waals surface area contributed by atoms with E-state index in [1.165, 1.54) is 6.20 Å². The van der Waals surface area contributed by atoms with Gasteiger partial charge in [-0.1, -0.05) is 48.0 Å². The maximum absolute atomic E-state index is 13.0. The molecular weight excluding hydrogens is 402 g/mol. The number of hydrogen-bond donors (Lipinski definition) is 2. The highest BCUT2D eigenvalue weighted by Crippen LogP contribution is 2.25. The first-order valence-corrected chi connectivity index (χ1v) is 10.3. The molecule has 0 spiro atoms. The van der Waals surface area contributed by atoms with Crippen molar-refractivity contribution in [3.8, 4) is 11.3 Å². The number of hydrazine groups is 1. The van der Waals surface area contributed by atoms with Crippen LogP contribution in [-0.2, 0) is 5.54 Å². The van der Waals surface area contributed by atoms with Crippen LogP contribution in [0.2, 0.25) is 0 Å². The van der Waals surface area contributed by atoms with E-state index in [-0.39, 0.29) is 5.54 Å². The first-order chi connectivity index (χ1) is 15.2. The van der Waals surface area contributed by atoms with E-state index >= 15 is 0 Å². The van der Waals surface area contributed by atoms with E-state index in [0.29, 0.717) is 27.7 Å². The maximum atomic E-state index is 13.0. The van der Waals surface area contributed by atoms with E-state index < -0.39 is 11.8 Å². The number of pyridine rings is 1. The number of carbonyl (C=O) groups excluding carboxylic acids is 2. The first kappa shape index (κ1) is 21.2. The zero-order valence-electron chi connectivity index (χ0n) is 18.5. The number of hydrogen-bond acceptors (Lipinski definition) is 4. The van der Waals surface area contributed by atoms with Crippen LogP contribution in [0.15, 0.2) is 67.0 Å². The van der Waals surface area contributed by atoms with Gasteiger partial charge in [-0.2, -0.15) is 5.10 Å². The minimum Gasteiger partial charge on any atom is -0.267 e. The van der Waals surface area contributed by atoms with Crippen LogP contribution in [0, 0.1) is 6.92 Å². The number of para-hydroxylation sites is 1. The predicted molar refractivity (Wildman–Crippen MR) is 124 cm³/mol. The zero-order valence-corrected chi connectivity index (χ0v) is 18.5. The van der Waals surface area contributed by atoms with Gasteiger partial charge in [-0.3, -0.25) is 25.1 Å². The van der Waals surface area contributed by atoms with Gasteiger partial charge in [-0.05, 0) is 39.8 Å². The molecule has 0 bridgehead atoms. The molecule has 0 saturated heterocycles. The Hall–Kier alpha value is -4.00. The monoisotopic (exact) mass is 427 g/mol. The zero-order chi connectivity index (χ0) is 22.9. The number of aromatic nitrogens is 3. The Morgan fingerprint density at radius 3 is 2.31 bits per heavy atom. The number of nitrogens with zero attached hydrogens (tertiary/aromatic N) is 3. The van der Waals surface area contributed by atoms with Crippen LogP contribution in [0.1, 0.15) is 47.1 Å². The molecule has 2 aromatic carbocycles. The van der Waals surface area contributed by atoms with E-state index in [9.17, 15) is 9.59 Å². The molecule has 0 aliphatic carbocycles. The molecule has 2 amide bonds. The third kappa shape index (κ3) is 4.37. The fourth-order valence-corrected chi connectivity index (χ4v) is 3.30. The molecule has 2 heterocycles. The number of carbonyl (C=O) groups is 2. The molecule has 2 aromatic heterocycles. The van der Waals surface area contributed by atoms with Crippen molar-refractivity contribution in [2.24, 2.45) is 0 Å². The number of fused-ring (bicyclic) bond motifs is 1. The van der Waals surface area contributed by atoms with Crippen molar-refractivity contribution in [1.29, 1.82) is 0 Å². The van der Waals surface area contributed by atoms with Gasteiger partial charge in [0.2, 0.25) is 0 Å². The number of rotatable bonds is 3. The van der Waals surface area contributed by atoms with Crippen molar-refractivity contribution >= 4 is 22.7 Å². The van der Waals surface area contributed by atoms with Crippen LogP contribution in [0.25, 0.3) is 22.2 Å². The molecule has 0 radical (unpaired) electrons. The summed E-state index contributed by atoms with van der Waals surface area (Å²) in [5.74, 6) is -0.862. The molecule has 7 heteroatoms. The number of nitrogens with one attached hydrogen (secondary N) is 2. The van der Waals surface area contributed by atoms with Gasteiger partial charge < -0.3 is 0 Å². The third-order valence-corrected chi connectivity index (χ3v) is 5.13. The van der Waals surface area contributed by atoms with E-state index in [1.807, 2.05) is 76.2 Å². The smallest absolute Gasteiger partial charge is 0.267 e. The third-order valence-electron chi connectivity index (χ3n) is 5.13. The van der Waals surface area contributed by atoms with Crippen LogP contribution < -0.4 is 10.9 Å². The molecule has 0 fully saturated rings. The molecule has 0 unspecified atom stereocenters. The Morgan fingerprint density at radius 1 is 0.938 bits per heavy atom. The summed E-state index contributed by atoms with van der Waals surface area (Å²) >= 11 is 0. The lowest BCUT2D eigenvalue weighted by Gasteiger charge is -2.18. The second-order valence-corrected chi connectivity index (χ2v) is 8.69. The van der Waals surface area contributed by atoms with Gasteiger partial charge in [-0.15, -0.1) is 0 Å². The SMILES string of the molecule is Cc1ccc(-c2cc(C(=O)NNC(=O)c3cnn(C(C)(C)C)c3)c3ccccc3n2)cc1. The highest BCUT2D eigenvalue weighted by Gasteiger charge is 2.18. The fourth-order valence-electron chi connectivity index (χ4n) is 3.30. The van der Waals surface area contributed by atoms with Crippen molar-refractivity contribution in [2.75, 3.05) is 0 Å². The van der Waals surface area contributed by atoms with Gasteiger partial charge in [0.1, 0.15) is 0 Å². The highest BCUT2D eigenvalue weighted by atomic mass is 16.2. The Labute approximate surface area is 186 Å². The molecule has 4 aromatic rings. The minimum atomic E-state index is -0.439. The molecule has 0 saturated carbocycles. The van der Waals surface area contributed by atoms with Crippen LogP contribution in [0.5, 0.6) is 0 Å². The van der Waals surface area contributed by atoms with Crippen LogP contribution in [0.3, 0.4) is 0 Å². The maximum Gasteiger partial charge on any atom is 0.272 e. The largest absolute Gasteiger partial charge is 0.272 e. The minimum absolute atomic E-state index is 0.246. The summed E-state index contributed by atoms with van der Waals surface area (Å²) in [5.41, 5.74) is 8.99. The van der Waals surface area contributed by atoms with E-state index in [2.05, 4.69) is 16.0 Å². The molecule has 0 aliphatic heterocycles. The van der Waals surface area contributed by atoms with E-state index in [0.717, 1.165) is 11.1 Å². The van der Waals surface area contributed by atoms with E-state index in [1.54, 1.807) is 16.9 Å². The van der Waals surface area contributed by atoms with Gasteiger partial charge in [0.05, 0.1) is 34.1 Å². The molecule has 32 heavy (non-hydrogen) atoms. The Morgan fingerprint density at radius 2 is 1.62 bits per heavy atom. The normalized spacial score (nSPS) is 11.4. The van der Waals surface area contributed by atoms with Gasteiger partial charge >= 0.3 is 0 Å². The van der Waals surface area contributed by atoms with E-state index in [4.69, 9.17) is 4.98 Å². The summed E-state index contributed by atoms with van der Waals surface area (Å²) in [6.07, 6.45) is 3.13. The summed E-state index contributed by atoms with van der Waals surface area (Å²) in [6.45, 7) is 7.99. The summed E-state index contributed by atoms with van der Waals surface area (Å²) in [7, 11) is 0. The number of amides is 2. The van der Waals surface area contributed by atoms with Crippen molar-refractivity contribution in [3.05, 3.63) is 83.7 Å². The van der Waals surface area contributed by atoms with Gasteiger partial charge in [0, 0.05) is 17.1 Å². The average Bonchev–Trinajstić information content (AvgIpc) is 3.28. The summed E-state index contributed by atoms with van der Waals surface area (Å²) in [4.78, 5) is 30.2. The van der Waals surface area contributed by atoms with Crippen molar-refractivity contribution < 1.29 is 9.59 Å². The predicted octanol–water partition coefficient (Wildman–Crippen LogP) is 4.24. The Kier molecular flexibility index (Phi) is 5.48. The van der Waals surface area contributed by atoms with Gasteiger partial charge in [-0.25, -0.2) is 4.98 Å². The molecule has 4 rings (SSSR count). The Bertz CT molecular complexity index is 1300. The number of benzene rings is 2. The van der Waals surface area contributed by atoms with Crippen molar-refractivity contribution in [1.82, 2.24) is 25.6 Å². The molecule has 0 aliphatic rings. The van der Waals surface area contributed by atoms with Gasteiger partial charge in [0.15, 0.2) is 0 Å². The topological polar surface area (TPSA) is 88.9 Å². The Balaban J connectivity index is 1.59. The molecular formula is C25H25N5O2. The second-order valence-electron chi connectivity index (χ2n) is 8.69. The average molecular weight is 428 g/mol. The fraction of sp³-hybridized carbons (Fsp3) is 0.200. The molecule has 0 atom stereocenters. The quantitative estimate of drug-likeness (QED) is 0.479. The molecule has 2 N–H and O–H groups in total. The molecule has 7 nitrogen and oxygen atoms in total. The van der Waals surface area contributed by atoms with Gasteiger partial charge in [0.25, 0.3) is 11.8 Å². The summed E-state index contributed by atoms with van der Waals surface area (Å²) < 4.78 is 1.70. The highest BCUT2D eigenvalue weighted by molar-refractivity contribution is 6.08. The lowest BCUT2D eigenvalue weighted by atomic mass is 10.0. The van der Waals surface area contributed by atoms with Crippen LogP contribution in [0.4, 0.5) is 0 Å². The van der Waals surface area contributed by atoms with Crippen molar-refractivity contribution in [3.63, 3.8) is 0 Å². The first-order valence-electron chi connectivity index (χ1n) is 10.3. The lowest BCUT2D eigenvalue weighted by Crippen LogP contribution is -2.41. The summed E-state index contributed by atoms with van der Waals surface area (Å²) in [5, 5.41) is 4.93. The second kappa shape index (κ2) is 8.26. The standard InChI is InChI=1S/C25H25N5O2/c1-16-9-11-17(12-10-16)22-13-20(19-7-5-6-8-21(19)27-22)24(32)29-28-23(31)18-14-26-30(15-18)25(2,3)4/h5-15H,1-4H3,(H,28,31)(H,29,32). The van der Waals surface area contributed by atoms with Crippen LogP contribution in [-0.4, -0.2) is 26.6 Å². The van der Waals surface area contributed by atoms with Crippen LogP contribution >= 0.6 is 0 Å². The summed E-state index contributed by atoms with van der Waals surface area (Å²) in [6, 6.07) is 17.1.